The minimum absolute atomic E-state index is 0.144. The summed E-state index contributed by atoms with van der Waals surface area (Å²) >= 11 is 2.77. The Kier molecular flexibility index (Phi) is 5.67. The standard InChI is InChI=1S/C17H20N6O2S3/c1-10-9-26-17(20-10)14-21-13(18)11-8-12(27-16(11)22-14)15(24)19-2-3-23-4-6-28(25)7-5-23/h8-9H,2-7H2,1H3,(H,19,24)(H2,18,21,22). The topological polar surface area (TPSA) is 114 Å². The van der Waals surface area contributed by atoms with Crippen LogP contribution in [0.25, 0.3) is 21.0 Å². The zero-order valence-electron chi connectivity index (χ0n) is 15.3. The summed E-state index contributed by atoms with van der Waals surface area (Å²) in [5.74, 6) is 2.12. The highest BCUT2D eigenvalue weighted by molar-refractivity contribution is 7.85. The van der Waals surface area contributed by atoms with Gasteiger partial charge < -0.3 is 11.1 Å². The third-order valence-electron chi connectivity index (χ3n) is 4.44. The Balaban J connectivity index is 1.44. The van der Waals surface area contributed by atoms with E-state index < -0.39 is 10.8 Å². The third-order valence-corrected chi connectivity index (χ3v) is 7.70. The molecular weight excluding hydrogens is 416 g/mol. The van der Waals surface area contributed by atoms with Crippen molar-refractivity contribution >= 4 is 55.4 Å². The highest BCUT2D eigenvalue weighted by Crippen LogP contribution is 2.30. The number of nitrogens with one attached hydrogen (secondary N) is 1. The number of amides is 1. The van der Waals surface area contributed by atoms with E-state index in [-0.39, 0.29) is 5.91 Å². The van der Waals surface area contributed by atoms with Crippen LogP contribution in [0.3, 0.4) is 0 Å². The number of carbonyl (C=O) groups is 1. The number of aromatic nitrogens is 3. The first-order valence-electron chi connectivity index (χ1n) is 8.84. The first-order chi connectivity index (χ1) is 13.5. The van der Waals surface area contributed by atoms with Crippen LogP contribution in [0.5, 0.6) is 0 Å². The van der Waals surface area contributed by atoms with Crippen LogP contribution in [-0.2, 0) is 10.8 Å². The number of anilines is 1. The number of nitrogen functional groups attached to an aromatic ring is 1. The SMILES string of the molecule is Cc1csc(-c2nc(N)c3cc(C(=O)NCCN4CCS(=O)CC4)sc3n2)n1. The monoisotopic (exact) mass is 436 g/mol. The van der Waals surface area contributed by atoms with Gasteiger partial charge >= 0.3 is 0 Å². The zero-order valence-corrected chi connectivity index (χ0v) is 17.8. The van der Waals surface area contributed by atoms with Gasteiger partial charge in [0.2, 0.25) is 0 Å². The van der Waals surface area contributed by atoms with Crippen LogP contribution >= 0.6 is 22.7 Å². The van der Waals surface area contributed by atoms with Gasteiger partial charge in [-0.25, -0.2) is 15.0 Å². The van der Waals surface area contributed by atoms with Gasteiger partial charge in [0.1, 0.15) is 10.6 Å². The normalized spacial score (nSPS) is 15.9. The number of carbonyl (C=O) groups excluding carboxylic acids is 1. The predicted octanol–water partition coefficient (Wildman–Crippen LogP) is 1.50. The van der Waals surface area contributed by atoms with Crippen LogP contribution in [0.1, 0.15) is 15.4 Å². The number of thiophene rings is 1. The van der Waals surface area contributed by atoms with E-state index in [1.54, 1.807) is 6.07 Å². The molecule has 28 heavy (non-hydrogen) atoms. The minimum Gasteiger partial charge on any atom is -0.383 e. The van der Waals surface area contributed by atoms with E-state index >= 15 is 0 Å². The lowest BCUT2D eigenvalue weighted by atomic mass is 10.3. The Morgan fingerprint density at radius 3 is 2.82 bits per heavy atom. The molecular formula is C17H20N6O2S3. The fourth-order valence-corrected chi connectivity index (χ4v) is 5.73. The number of hydrogen-bond donors (Lipinski definition) is 2. The quantitative estimate of drug-likeness (QED) is 0.623. The van der Waals surface area contributed by atoms with Gasteiger partial charge in [-0.15, -0.1) is 22.7 Å². The van der Waals surface area contributed by atoms with Gasteiger partial charge in [0.15, 0.2) is 10.8 Å². The summed E-state index contributed by atoms with van der Waals surface area (Å²) in [6.45, 7) is 4.85. The highest BCUT2D eigenvalue weighted by atomic mass is 32.2. The summed E-state index contributed by atoms with van der Waals surface area (Å²) in [6, 6.07) is 1.74. The van der Waals surface area contributed by atoms with E-state index in [2.05, 4.69) is 25.2 Å². The van der Waals surface area contributed by atoms with E-state index in [1.165, 1.54) is 22.7 Å². The van der Waals surface area contributed by atoms with Crippen LogP contribution < -0.4 is 11.1 Å². The van der Waals surface area contributed by atoms with Crippen molar-refractivity contribution in [3.63, 3.8) is 0 Å². The zero-order chi connectivity index (χ0) is 19.7. The summed E-state index contributed by atoms with van der Waals surface area (Å²) in [4.78, 5) is 29.3. The molecule has 1 saturated heterocycles. The van der Waals surface area contributed by atoms with Crippen LogP contribution in [0.4, 0.5) is 5.82 Å². The van der Waals surface area contributed by atoms with Gasteiger partial charge in [-0.1, -0.05) is 0 Å². The van der Waals surface area contributed by atoms with Crippen molar-refractivity contribution in [2.75, 3.05) is 43.4 Å². The minimum atomic E-state index is -0.687. The lowest BCUT2D eigenvalue weighted by Crippen LogP contribution is -2.42. The molecule has 0 unspecified atom stereocenters. The van der Waals surface area contributed by atoms with Crippen molar-refractivity contribution in [1.29, 1.82) is 0 Å². The molecule has 3 N–H and O–H groups in total. The van der Waals surface area contributed by atoms with Crippen LogP contribution in [0.2, 0.25) is 0 Å². The van der Waals surface area contributed by atoms with E-state index in [9.17, 15) is 9.00 Å². The Morgan fingerprint density at radius 2 is 2.11 bits per heavy atom. The molecule has 3 aromatic rings. The summed E-state index contributed by atoms with van der Waals surface area (Å²) in [5.41, 5.74) is 7.00. The van der Waals surface area contributed by atoms with E-state index in [0.29, 0.717) is 49.8 Å². The van der Waals surface area contributed by atoms with E-state index in [4.69, 9.17) is 5.73 Å². The second-order valence-electron chi connectivity index (χ2n) is 6.50. The van der Waals surface area contributed by atoms with Gasteiger partial charge in [0.25, 0.3) is 5.91 Å². The number of rotatable bonds is 5. The lowest BCUT2D eigenvalue weighted by Gasteiger charge is -2.25. The highest BCUT2D eigenvalue weighted by Gasteiger charge is 2.18. The average molecular weight is 437 g/mol. The molecule has 0 spiro atoms. The maximum absolute atomic E-state index is 12.5. The number of aryl methyl sites for hydroxylation is 1. The van der Waals surface area contributed by atoms with Crippen LogP contribution in [0.15, 0.2) is 11.4 Å². The van der Waals surface area contributed by atoms with Gasteiger partial charge in [0, 0.05) is 59.6 Å². The lowest BCUT2D eigenvalue weighted by molar-refractivity contribution is 0.0953. The van der Waals surface area contributed by atoms with Crippen molar-refractivity contribution in [2.24, 2.45) is 0 Å². The van der Waals surface area contributed by atoms with Crippen molar-refractivity contribution in [3.8, 4) is 10.8 Å². The average Bonchev–Trinajstić information content (AvgIpc) is 3.30. The van der Waals surface area contributed by atoms with Crippen LogP contribution in [0, 0.1) is 6.92 Å². The Bertz CT molecular complexity index is 1040. The van der Waals surface area contributed by atoms with Gasteiger partial charge in [-0.2, -0.15) is 0 Å². The van der Waals surface area contributed by atoms with Crippen molar-refractivity contribution in [1.82, 2.24) is 25.2 Å². The Hall–Kier alpha value is -1.95. The van der Waals surface area contributed by atoms with Crippen LogP contribution in [-0.4, -0.2) is 67.7 Å². The summed E-state index contributed by atoms with van der Waals surface area (Å²) in [7, 11) is -0.687. The van der Waals surface area contributed by atoms with Crippen molar-refractivity contribution < 1.29 is 9.00 Å². The second kappa shape index (κ2) is 8.19. The Morgan fingerprint density at radius 1 is 1.32 bits per heavy atom. The smallest absolute Gasteiger partial charge is 0.261 e. The Labute approximate surface area is 172 Å². The number of nitrogens with two attached hydrogens (primary N) is 1. The second-order valence-corrected chi connectivity index (χ2v) is 10.1. The summed E-state index contributed by atoms with van der Waals surface area (Å²) < 4.78 is 11.4. The van der Waals surface area contributed by atoms with Gasteiger partial charge in [-0.05, 0) is 13.0 Å². The van der Waals surface area contributed by atoms with E-state index in [0.717, 1.165) is 25.3 Å². The molecule has 1 fully saturated rings. The number of hydrogen-bond acceptors (Lipinski definition) is 9. The molecule has 1 aliphatic heterocycles. The number of fused-ring (bicyclic) bond motifs is 1. The summed E-state index contributed by atoms with van der Waals surface area (Å²) in [6.07, 6.45) is 0. The maximum Gasteiger partial charge on any atom is 0.261 e. The number of thiazole rings is 1. The molecule has 3 aromatic heterocycles. The van der Waals surface area contributed by atoms with Crippen molar-refractivity contribution in [2.45, 2.75) is 6.92 Å². The molecule has 0 aliphatic carbocycles. The van der Waals surface area contributed by atoms with Crippen molar-refractivity contribution in [3.05, 3.63) is 22.0 Å². The molecule has 0 bridgehead atoms. The molecule has 0 aromatic carbocycles. The fraction of sp³-hybridized carbons (Fsp3) is 0.412. The molecule has 148 valence electrons. The summed E-state index contributed by atoms with van der Waals surface area (Å²) in [5, 5.41) is 6.28. The third kappa shape index (κ3) is 4.22. The molecule has 8 nitrogen and oxygen atoms in total. The number of nitrogens with zero attached hydrogens (tertiary/aromatic N) is 4. The maximum atomic E-state index is 12.5. The first kappa shape index (κ1) is 19.4. The van der Waals surface area contributed by atoms with E-state index in [1.807, 2.05) is 12.3 Å². The first-order valence-corrected chi connectivity index (χ1v) is 12.0. The molecule has 1 amide bonds. The molecule has 0 radical (unpaired) electrons. The molecule has 0 atom stereocenters. The molecule has 11 heteroatoms. The van der Waals surface area contributed by atoms with Gasteiger partial charge in [-0.3, -0.25) is 13.9 Å². The molecule has 4 heterocycles. The largest absolute Gasteiger partial charge is 0.383 e. The molecule has 4 rings (SSSR count). The molecule has 1 aliphatic rings. The fourth-order valence-electron chi connectivity index (χ4n) is 2.92. The predicted molar refractivity (Wildman–Crippen MR) is 114 cm³/mol. The van der Waals surface area contributed by atoms with Gasteiger partial charge in [0.05, 0.1) is 10.3 Å². The molecule has 0 saturated carbocycles.